The fraction of sp³-hybridized carbons (Fsp3) is 0.417. The topological polar surface area (TPSA) is 88.3 Å². The van der Waals surface area contributed by atoms with Crippen LogP contribution in [0.1, 0.15) is 32.8 Å². The van der Waals surface area contributed by atoms with Gasteiger partial charge in [0, 0.05) is 42.8 Å². The zero-order chi connectivity index (χ0) is 23.8. The van der Waals surface area contributed by atoms with E-state index in [1.807, 2.05) is 49.7 Å². The van der Waals surface area contributed by atoms with E-state index in [0.717, 1.165) is 29.9 Å². The Hall–Kier alpha value is -2.97. The maximum absolute atomic E-state index is 12.1. The summed E-state index contributed by atoms with van der Waals surface area (Å²) in [7, 11) is 1.54. The molecule has 1 aliphatic rings. The van der Waals surface area contributed by atoms with Gasteiger partial charge in [0.2, 0.25) is 0 Å². The van der Waals surface area contributed by atoms with E-state index in [-0.39, 0.29) is 18.7 Å². The van der Waals surface area contributed by atoms with Crippen molar-refractivity contribution in [3.63, 3.8) is 0 Å². The molecule has 1 amide bonds. The normalized spacial score (nSPS) is 16.3. The van der Waals surface area contributed by atoms with E-state index in [1.54, 1.807) is 19.2 Å². The van der Waals surface area contributed by atoms with Crippen molar-refractivity contribution in [2.45, 2.75) is 45.4 Å². The molecule has 33 heavy (non-hydrogen) atoms. The largest absolute Gasteiger partial charge is 0.495 e. The maximum atomic E-state index is 12.1. The molecule has 176 valence electrons. The predicted octanol–water partition coefficient (Wildman–Crippen LogP) is 4.26. The summed E-state index contributed by atoms with van der Waals surface area (Å²) < 4.78 is 12.6. The number of hydrogen-bond acceptors (Lipinski definition) is 6. The Kier molecular flexibility index (Phi) is 6.41. The lowest BCUT2D eigenvalue weighted by molar-refractivity contribution is 0.0509. The lowest BCUT2D eigenvalue weighted by atomic mass is 10.1. The van der Waals surface area contributed by atoms with Gasteiger partial charge in [-0.2, -0.15) is 0 Å². The number of rotatable bonds is 5. The molecule has 2 N–H and O–H groups in total. The first-order valence-electron chi connectivity index (χ1n) is 10.9. The Bertz CT molecular complexity index is 1170. The summed E-state index contributed by atoms with van der Waals surface area (Å²) in [5, 5.41) is 13.2. The molecule has 1 atom stereocenters. The highest BCUT2D eigenvalue weighted by molar-refractivity contribution is 6.32. The highest BCUT2D eigenvalue weighted by atomic mass is 35.5. The van der Waals surface area contributed by atoms with E-state index in [9.17, 15) is 9.90 Å². The predicted molar refractivity (Wildman–Crippen MR) is 128 cm³/mol. The molecule has 0 radical (unpaired) electrons. The molecule has 8 nitrogen and oxygen atoms in total. The average molecular weight is 473 g/mol. The first-order chi connectivity index (χ1) is 15.7. The lowest BCUT2D eigenvalue weighted by Gasteiger charge is -2.22. The molecule has 1 fully saturated rings. The molecule has 4 rings (SSSR count). The Morgan fingerprint density at radius 1 is 1.33 bits per heavy atom. The number of anilines is 1. The van der Waals surface area contributed by atoms with E-state index >= 15 is 0 Å². The summed E-state index contributed by atoms with van der Waals surface area (Å²) in [6.07, 6.45) is 4.32. The van der Waals surface area contributed by atoms with Crippen LogP contribution in [0.3, 0.4) is 0 Å². The van der Waals surface area contributed by atoms with Gasteiger partial charge in [-0.15, -0.1) is 0 Å². The average Bonchev–Trinajstić information content (AvgIpc) is 3.38. The van der Waals surface area contributed by atoms with Crippen LogP contribution in [0.5, 0.6) is 5.75 Å². The van der Waals surface area contributed by atoms with Gasteiger partial charge in [0.25, 0.3) is 0 Å². The highest BCUT2D eigenvalue weighted by Crippen LogP contribution is 2.34. The SMILES string of the molecule is COc1cc(CO)c(-c2cn3ccc(N4CCC(NC(=O)OC(C)(C)C)C4)cc3n2)cc1Cl. The third kappa shape index (κ3) is 5.17. The number of benzene rings is 1. The monoisotopic (exact) mass is 472 g/mol. The van der Waals surface area contributed by atoms with E-state index in [0.29, 0.717) is 28.6 Å². The molecule has 0 aliphatic carbocycles. The Morgan fingerprint density at radius 3 is 2.82 bits per heavy atom. The molecular weight excluding hydrogens is 444 g/mol. The minimum absolute atomic E-state index is 0.0277. The molecular formula is C24H29ClN4O4. The third-order valence-electron chi connectivity index (χ3n) is 5.54. The van der Waals surface area contributed by atoms with Gasteiger partial charge < -0.3 is 29.2 Å². The molecule has 0 bridgehead atoms. The second-order valence-electron chi connectivity index (χ2n) is 9.16. The number of aliphatic hydroxyl groups excluding tert-OH is 1. The summed E-state index contributed by atoms with van der Waals surface area (Å²) in [5.74, 6) is 0.513. The number of amides is 1. The van der Waals surface area contributed by atoms with Crippen LogP contribution in [0.2, 0.25) is 5.02 Å². The number of nitrogens with one attached hydrogen (secondary N) is 1. The number of hydrogen-bond donors (Lipinski definition) is 2. The van der Waals surface area contributed by atoms with Crippen molar-refractivity contribution in [2.75, 3.05) is 25.1 Å². The van der Waals surface area contributed by atoms with Gasteiger partial charge in [-0.3, -0.25) is 0 Å². The van der Waals surface area contributed by atoms with Gasteiger partial charge in [-0.1, -0.05) is 11.6 Å². The van der Waals surface area contributed by atoms with Gasteiger partial charge in [-0.25, -0.2) is 9.78 Å². The highest BCUT2D eigenvalue weighted by Gasteiger charge is 2.26. The van der Waals surface area contributed by atoms with Crippen LogP contribution >= 0.6 is 11.6 Å². The zero-order valence-electron chi connectivity index (χ0n) is 19.3. The molecule has 3 aromatic rings. The van der Waals surface area contributed by atoms with Crippen molar-refractivity contribution < 1.29 is 19.4 Å². The number of halogens is 1. The van der Waals surface area contributed by atoms with Crippen LogP contribution in [-0.2, 0) is 11.3 Å². The van der Waals surface area contributed by atoms with Crippen LogP contribution in [-0.4, -0.2) is 52.4 Å². The van der Waals surface area contributed by atoms with E-state index in [4.69, 9.17) is 26.1 Å². The number of carbonyl (C=O) groups is 1. The number of aromatic nitrogens is 2. The van der Waals surface area contributed by atoms with E-state index < -0.39 is 5.60 Å². The van der Waals surface area contributed by atoms with Gasteiger partial charge in [0.05, 0.1) is 30.5 Å². The summed E-state index contributed by atoms with van der Waals surface area (Å²) in [5.41, 5.74) is 3.46. The number of pyridine rings is 1. The molecule has 3 heterocycles. The number of ether oxygens (including phenoxy) is 2. The fourth-order valence-corrected chi connectivity index (χ4v) is 4.25. The number of fused-ring (bicyclic) bond motifs is 1. The van der Waals surface area contributed by atoms with E-state index in [1.165, 1.54) is 0 Å². The second kappa shape index (κ2) is 9.11. The summed E-state index contributed by atoms with van der Waals surface area (Å²) in [4.78, 5) is 19.1. The number of nitrogens with zero attached hydrogens (tertiary/aromatic N) is 3. The van der Waals surface area contributed by atoms with Crippen LogP contribution in [0, 0.1) is 0 Å². The number of methoxy groups -OCH3 is 1. The summed E-state index contributed by atoms with van der Waals surface area (Å²) in [6.45, 7) is 6.93. The summed E-state index contributed by atoms with van der Waals surface area (Å²) >= 11 is 6.32. The molecule has 1 aromatic carbocycles. The zero-order valence-corrected chi connectivity index (χ0v) is 20.0. The minimum atomic E-state index is -0.518. The number of carbonyl (C=O) groups excluding carboxylic acids is 1. The fourth-order valence-electron chi connectivity index (χ4n) is 4.01. The molecule has 9 heteroatoms. The van der Waals surface area contributed by atoms with Crippen molar-refractivity contribution in [1.29, 1.82) is 0 Å². The van der Waals surface area contributed by atoms with Crippen LogP contribution in [0.25, 0.3) is 16.9 Å². The molecule has 1 saturated heterocycles. The lowest BCUT2D eigenvalue weighted by Crippen LogP contribution is -2.40. The maximum Gasteiger partial charge on any atom is 0.407 e. The smallest absolute Gasteiger partial charge is 0.407 e. The quantitative estimate of drug-likeness (QED) is 0.577. The van der Waals surface area contributed by atoms with Gasteiger partial charge >= 0.3 is 6.09 Å². The molecule has 0 spiro atoms. The van der Waals surface area contributed by atoms with Crippen molar-refractivity contribution in [2.24, 2.45) is 0 Å². The van der Waals surface area contributed by atoms with Crippen molar-refractivity contribution >= 4 is 29.0 Å². The van der Waals surface area contributed by atoms with Crippen LogP contribution in [0.4, 0.5) is 10.5 Å². The summed E-state index contributed by atoms with van der Waals surface area (Å²) in [6, 6.07) is 7.57. The third-order valence-corrected chi connectivity index (χ3v) is 5.84. The van der Waals surface area contributed by atoms with E-state index in [2.05, 4.69) is 10.2 Å². The number of aliphatic hydroxyl groups is 1. The van der Waals surface area contributed by atoms with Crippen molar-refractivity contribution in [3.8, 4) is 17.0 Å². The molecule has 0 saturated carbocycles. The minimum Gasteiger partial charge on any atom is -0.495 e. The van der Waals surface area contributed by atoms with Crippen LogP contribution < -0.4 is 15.0 Å². The Labute approximate surface area is 198 Å². The van der Waals surface area contributed by atoms with Crippen LogP contribution in [0.15, 0.2) is 36.7 Å². The van der Waals surface area contributed by atoms with Crippen molar-refractivity contribution in [1.82, 2.24) is 14.7 Å². The van der Waals surface area contributed by atoms with Gasteiger partial charge in [0.15, 0.2) is 0 Å². The molecule has 1 unspecified atom stereocenters. The number of imidazole rings is 1. The Morgan fingerprint density at radius 2 is 2.12 bits per heavy atom. The number of alkyl carbamates (subject to hydrolysis) is 1. The first kappa shape index (κ1) is 23.2. The first-order valence-corrected chi connectivity index (χ1v) is 11.3. The standard InChI is InChI=1S/C24H29ClN4O4/c1-24(2,3)33-23(31)26-16-5-7-28(12-16)17-6-8-29-13-20(27-22(29)10-17)18-11-19(25)21(32-4)9-15(18)14-30/h6,8-11,13,16,30H,5,7,12,14H2,1-4H3,(H,26,31). The second-order valence-corrected chi connectivity index (χ2v) is 9.56. The Balaban J connectivity index is 1.53. The molecule has 1 aliphatic heterocycles. The van der Waals surface area contributed by atoms with Gasteiger partial charge in [-0.05, 0) is 51.0 Å². The molecule has 2 aromatic heterocycles. The van der Waals surface area contributed by atoms with Crippen molar-refractivity contribution in [3.05, 3.63) is 47.2 Å². The van der Waals surface area contributed by atoms with Gasteiger partial charge in [0.1, 0.15) is 17.0 Å².